The number of rotatable bonds is 6. The number of methoxy groups -OCH3 is 1. The molecule has 0 bridgehead atoms. The first kappa shape index (κ1) is 24.8. The summed E-state index contributed by atoms with van der Waals surface area (Å²) >= 11 is 0. The third-order valence-electron chi connectivity index (χ3n) is 6.73. The Morgan fingerprint density at radius 3 is 2.57 bits per heavy atom. The largest absolute Gasteiger partial charge is 0.495 e. The van der Waals surface area contributed by atoms with Crippen molar-refractivity contribution >= 4 is 39.2 Å². The number of carbonyl (C=O) groups is 1. The number of fused-ring (bicyclic) bond motifs is 1. The van der Waals surface area contributed by atoms with Crippen molar-refractivity contribution in [2.45, 2.75) is 24.2 Å². The summed E-state index contributed by atoms with van der Waals surface area (Å²) in [5.74, 6) is 0.755. The summed E-state index contributed by atoms with van der Waals surface area (Å²) in [5, 5.41) is 0. The van der Waals surface area contributed by atoms with Gasteiger partial charge in [0.15, 0.2) is 0 Å². The molecule has 1 amide bonds. The smallest absolute Gasteiger partial charge is 0.264 e. The third kappa shape index (κ3) is 5.32. The number of aliphatic imine (C=N–C) groups is 1. The molecule has 0 saturated carbocycles. The fraction of sp³-hybridized carbons (Fsp3) is 0.286. The number of ether oxygens (including phenoxy) is 1. The molecule has 8 nitrogen and oxygen atoms in total. The van der Waals surface area contributed by atoms with Crippen molar-refractivity contribution < 1.29 is 17.9 Å². The van der Waals surface area contributed by atoms with Crippen LogP contribution in [0.5, 0.6) is 5.75 Å². The number of amides is 1. The van der Waals surface area contributed by atoms with Gasteiger partial charge in [-0.25, -0.2) is 8.42 Å². The lowest BCUT2D eigenvalue weighted by molar-refractivity contribution is 0.0767. The van der Waals surface area contributed by atoms with Crippen LogP contribution in [0, 0.1) is 0 Å². The average Bonchev–Trinajstić information content (AvgIpc) is 3.19. The zero-order chi connectivity index (χ0) is 25.8. The van der Waals surface area contributed by atoms with Crippen molar-refractivity contribution in [3.8, 4) is 5.75 Å². The number of anilines is 2. The summed E-state index contributed by atoms with van der Waals surface area (Å²) in [6.45, 7) is 2.77. The molecular weight excluding hydrogens is 488 g/mol. The highest BCUT2D eigenvalue weighted by Gasteiger charge is 2.24. The molecule has 192 valence electrons. The first-order valence-corrected chi connectivity index (χ1v) is 13.9. The van der Waals surface area contributed by atoms with E-state index in [1.165, 1.54) is 0 Å². The average molecular weight is 519 g/mol. The van der Waals surface area contributed by atoms with Gasteiger partial charge in [0.1, 0.15) is 10.6 Å². The maximum Gasteiger partial charge on any atom is 0.264 e. The fourth-order valence-corrected chi connectivity index (χ4v) is 6.09. The Hall–Kier alpha value is -3.85. The summed E-state index contributed by atoms with van der Waals surface area (Å²) in [7, 11) is -2.16. The highest BCUT2D eigenvalue weighted by molar-refractivity contribution is 7.92. The Kier molecular flexibility index (Phi) is 7.14. The molecule has 2 aliphatic rings. The van der Waals surface area contributed by atoms with Crippen LogP contribution in [0.1, 0.15) is 28.8 Å². The van der Waals surface area contributed by atoms with Crippen molar-refractivity contribution in [2.24, 2.45) is 4.99 Å². The maximum absolute atomic E-state index is 13.2. The molecule has 1 fully saturated rings. The molecule has 0 radical (unpaired) electrons. The van der Waals surface area contributed by atoms with Gasteiger partial charge >= 0.3 is 0 Å². The van der Waals surface area contributed by atoms with Gasteiger partial charge in [0.25, 0.3) is 15.9 Å². The summed E-state index contributed by atoms with van der Waals surface area (Å²) in [4.78, 5) is 21.8. The molecule has 3 aromatic carbocycles. The topological polar surface area (TPSA) is 91.3 Å². The van der Waals surface area contributed by atoms with Crippen LogP contribution in [0.4, 0.5) is 17.1 Å². The van der Waals surface area contributed by atoms with Crippen LogP contribution in [0.25, 0.3) is 0 Å². The normalized spacial score (nSPS) is 15.6. The molecular formula is C28H30N4O4S. The Labute approximate surface area is 217 Å². The van der Waals surface area contributed by atoms with Crippen LogP contribution >= 0.6 is 0 Å². The van der Waals surface area contributed by atoms with E-state index in [9.17, 15) is 13.2 Å². The second-order valence-electron chi connectivity index (χ2n) is 9.10. The van der Waals surface area contributed by atoms with E-state index in [-0.39, 0.29) is 10.8 Å². The molecule has 9 heteroatoms. The number of benzene rings is 3. The number of nitrogens with one attached hydrogen (secondary N) is 1. The second kappa shape index (κ2) is 10.6. The lowest BCUT2D eigenvalue weighted by Crippen LogP contribution is -2.35. The van der Waals surface area contributed by atoms with Gasteiger partial charge in [-0.1, -0.05) is 24.3 Å². The van der Waals surface area contributed by atoms with E-state index < -0.39 is 10.0 Å². The number of nitrogens with zero attached hydrogens (tertiary/aromatic N) is 3. The van der Waals surface area contributed by atoms with Gasteiger partial charge in [0.05, 0.1) is 18.5 Å². The zero-order valence-corrected chi connectivity index (χ0v) is 21.6. The van der Waals surface area contributed by atoms with Crippen molar-refractivity contribution in [1.29, 1.82) is 0 Å². The van der Waals surface area contributed by atoms with Crippen molar-refractivity contribution in [2.75, 3.05) is 42.9 Å². The first-order valence-electron chi connectivity index (χ1n) is 12.4. The van der Waals surface area contributed by atoms with E-state index in [1.807, 2.05) is 35.2 Å². The predicted octanol–water partition coefficient (Wildman–Crippen LogP) is 4.50. The van der Waals surface area contributed by atoms with E-state index in [0.717, 1.165) is 42.8 Å². The van der Waals surface area contributed by atoms with Crippen LogP contribution in [0.15, 0.2) is 76.6 Å². The molecule has 0 aromatic heterocycles. The minimum absolute atomic E-state index is 0.0669. The summed E-state index contributed by atoms with van der Waals surface area (Å²) in [5.41, 5.74) is 3.37. The van der Waals surface area contributed by atoms with Crippen molar-refractivity contribution in [3.63, 3.8) is 0 Å². The highest BCUT2D eigenvalue weighted by atomic mass is 32.2. The Balaban J connectivity index is 1.26. The number of hydrogen-bond acceptors (Lipinski definition) is 6. The quantitative estimate of drug-likeness (QED) is 0.519. The van der Waals surface area contributed by atoms with Crippen LogP contribution in [0.3, 0.4) is 0 Å². The van der Waals surface area contributed by atoms with Crippen molar-refractivity contribution in [3.05, 3.63) is 77.9 Å². The molecule has 1 saturated heterocycles. The standard InChI is InChI=1S/C28H30N4O4S/c1-36-25-10-3-2-9-24(25)31-17-6-18-32(20-19-31)28(33)22-12-14-23(15-13-22)30-37(34,35)26-11-4-7-21-8-5-16-29-27(21)26/h2-4,7,9-16,30H,5-6,8,17-20H2,1H3. The molecule has 0 atom stereocenters. The molecule has 3 aromatic rings. The van der Waals surface area contributed by atoms with Crippen LogP contribution in [-0.4, -0.2) is 58.7 Å². The van der Waals surface area contributed by atoms with Gasteiger partial charge in [-0.2, -0.15) is 0 Å². The number of para-hydroxylation sites is 3. The molecule has 0 unspecified atom stereocenters. The molecule has 37 heavy (non-hydrogen) atoms. The molecule has 0 spiro atoms. The van der Waals surface area contributed by atoms with Gasteiger partial charge in [0.2, 0.25) is 0 Å². The summed E-state index contributed by atoms with van der Waals surface area (Å²) in [6, 6.07) is 19.7. The highest BCUT2D eigenvalue weighted by Crippen LogP contribution is 2.33. The second-order valence-corrected chi connectivity index (χ2v) is 10.8. The third-order valence-corrected chi connectivity index (χ3v) is 8.14. The minimum Gasteiger partial charge on any atom is -0.495 e. The van der Waals surface area contributed by atoms with Crippen LogP contribution < -0.4 is 14.4 Å². The Morgan fingerprint density at radius 2 is 1.76 bits per heavy atom. The number of hydrogen-bond donors (Lipinski definition) is 1. The Bertz CT molecular complexity index is 1420. The van der Waals surface area contributed by atoms with Gasteiger partial charge < -0.3 is 14.5 Å². The number of carbonyl (C=O) groups excluding carboxylic acids is 1. The molecule has 2 heterocycles. The van der Waals surface area contributed by atoms with Gasteiger partial charge in [-0.3, -0.25) is 14.5 Å². The number of sulfonamides is 1. The molecule has 5 rings (SSSR count). The van der Waals surface area contributed by atoms with Gasteiger partial charge in [0, 0.05) is 43.6 Å². The van der Waals surface area contributed by atoms with E-state index >= 15 is 0 Å². The van der Waals surface area contributed by atoms with E-state index in [0.29, 0.717) is 36.6 Å². The lowest BCUT2D eigenvalue weighted by atomic mass is 10.1. The number of aryl methyl sites for hydroxylation is 1. The maximum atomic E-state index is 13.2. The van der Waals surface area contributed by atoms with Gasteiger partial charge in [-0.15, -0.1) is 0 Å². The van der Waals surface area contributed by atoms with Crippen molar-refractivity contribution in [1.82, 2.24) is 4.90 Å². The van der Waals surface area contributed by atoms with Crippen LogP contribution in [0.2, 0.25) is 0 Å². The van der Waals surface area contributed by atoms with E-state index in [4.69, 9.17) is 4.74 Å². The first-order chi connectivity index (χ1) is 18.0. The lowest BCUT2D eigenvalue weighted by Gasteiger charge is -2.25. The monoisotopic (exact) mass is 518 g/mol. The van der Waals surface area contributed by atoms with E-state index in [2.05, 4.69) is 14.6 Å². The minimum atomic E-state index is -3.83. The fourth-order valence-electron chi connectivity index (χ4n) is 4.83. The Morgan fingerprint density at radius 1 is 0.946 bits per heavy atom. The zero-order valence-electron chi connectivity index (χ0n) is 20.8. The van der Waals surface area contributed by atoms with Crippen LogP contribution in [-0.2, 0) is 16.4 Å². The summed E-state index contributed by atoms with van der Waals surface area (Å²) in [6.07, 6.45) is 4.16. The SMILES string of the molecule is COc1ccccc1N1CCCN(C(=O)c2ccc(NS(=O)(=O)c3cccc4c3N=CCC4)cc2)CC1. The molecule has 2 aliphatic heterocycles. The van der Waals surface area contributed by atoms with Gasteiger partial charge in [-0.05, 0) is 67.3 Å². The summed E-state index contributed by atoms with van der Waals surface area (Å²) < 4.78 is 34.3. The molecule has 1 N–H and O–H groups in total. The molecule has 0 aliphatic carbocycles. The van der Waals surface area contributed by atoms with E-state index in [1.54, 1.807) is 49.7 Å². The predicted molar refractivity (Wildman–Crippen MR) is 146 cm³/mol.